The van der Waals surface area contributed by atoms with Crippen molar-refractivity contribution in [2.75, 3.05) is 5.06 Å². The Morgan fingerprint density at radius 2 is 1.73 bits per heavy atom. The molecule has 0 aliphatic carbocycles. The van der Waals surface area contributed by atoms with E-state index >= 15 is 0 Å². The average Bonchev–Trinajstić information content (AvgIpc) is 2.15. The molecule has 1 rings (SSSR count). The molecule has 5 nitrogen and oxygen atoms in total. The number of nitro groups is 1. The van der Waals surface area contributed by atoms with Gasteiger partial charge in [0.25, 0.3) is 5.69 Å². The van der Waals surface area contributed by atoms with Gasteiger partial charge in [-0.05, 0) is 32.9 Å². The smallest absolute Gasteiger partial charge is 0.269 e. The second-order valence-corrected chi connectivity index (χ2v) is 4.26. The third-order valence-corrected chi connectivity index (χ3v) is 1.94. The first-order valence-electron chi connectivity index (χ1n) is 4.56. The molecule has 1 aromatic rings. The van der Waals surface area contributed by atoms with E-state index < -0.39 is 10.5 Å². The van der Waals surface area contributed by atoms with Gasteiger partial charge < -0.3 is 0 Å². The number of benzene rings is 1. The monoisotopic (exact) mass is 210 g/mol. The van der Waals surface area contributed by atoms with E-state index in [1.165, 1.54) is 24.3 Å². The number of hydroxylamine groups is 1. The lowest BCUT2D eigenvalue weighted by Gasteiger charge is -2.31. The van der Waals surface area contributed by atoms with Crippen LogP contribution in [0.1, 0.15) is 20.8 Å². The molecule has 0 heterocycles. The maximum Gasteiger partial charge on any atom is 0.269 e. The van der Waals surface area contributed by atoms with E-state index in [1.807, 2.05) is 20.8 Å². The van der Waals surface area contributed by atoms with E-state index in [1.54, 1.807) is 0 Å². The largest absolute Gasteiger partial charge is 0.288 e. The lowest BCUT2D eigenvalue weighted by atomic mass is 10.1. The summed E-state index contributed by atoms with van der Waals surface area (Å²) < 4.78 is 0. The maximum absolute atomic E-state index is 10.4. The quantitative estimate of drug-likeness (QED) is 0.601. The molecular formula is C10H14N2O3. The van der Waals surface area contributed by atoms with Crippen LogP contribution in [0.2, 0.25) is 0 Å². The highest BCUT2D eigenvalue weighted by Crippen LogP contribution is 2.23. The van der Waals surface area contributed by atoms with Crippen molar-refractivity contribution < 1.29 is 10.1 Å². The Bertz CT molecular complexity index is 354. The van der Waals surface area contributed by atoms with Crippen LogP contribution in [0.4, 0.5) is 11.4 Å². The van der Waals surface area contributed by atoms with Crippen molar-refractivity contribution in [3.63, 3.8) is 0 Å². The van der Waals surface area contributed by atoms with E-state index in [9.17, 15) is 15.3 Å². The van der Waals surface area contributed by atoms with Crippen LogP contribution < -0.4 is 5.06 Å². The summed E-state index contributed by atoms with van der Waals surface area (Å²) in [4.78, 5) is 9.94. The Labute approximate surface area is 88.1 Å². The first kappa shape index (κ1) is 11.5. The molecule has 0 aliphatic heterocycles. The summed E-state index contributed by atoms with van der Waals surface area (Å²) in [6.45, 7) is 5.53. The zero-order chi connectivity index (χ0) is 11.6. The number of nitro benzene ring substituents is 1. The van der Waals surface area contributed by atoms with Gasteiger partial charge in [0.2, 0.25) is 0 Å². The van der Waals surface area contributed by atoms with E-state index in [0.717, 1.165) is 5.06 Å². The summed E-state index contributed by atoms with van der Waals surface area (Å²) in [5.74, 6) is 0. The predicted molar refractivity (Wildman–Crippen MR) is 57.1 cm³/mol. The van der Waals surface area contributed by atoms with E-state index in [0.29, 0.717) is 5.69 Å². The number of hydrogen-bond acceptors (Lipinski definition) is 4. The molecule has 0 fully saturated rings. The molecule has 0 saturated heterocycles. The lowest BCUT2D eigenvalue weighted by molar-refractivity contribution is -0.384. The van der Waals surface area contributed by atoms with Gasteiger partial charge in [-0.1, -0.05) is 0 Å². The molecule has 0 radical (unpaired) electrons. The summed E-state index contributed by atoms with van der Waals surface area (Å²) in [6.07, 6.45) is 0. The fraction of sp³-hybridized carbons (Fsp3) is 0.400. The minimum atomic E-state index is -0.470. The van der Waals surface area contributed by atoms with Gasteiger partial charge in [0.15, 0.2) is 0 Å². The van der Waals surface area contributed by atoms with Crippen LogP contribution in [0.25, 0.3) is 0 Å². The molecule has 0 aliphatic rings. The highest BCUT2D eigenvalue weighted by Gasteiger charge is 2.20. The standard InChI is InChI=1S/C10H14N2O3/c1-10(2,3)11(13)8-4-6-9(7-5-8)12(14)15/h4-7,13H,1-3H3. The summed E-state index contributed by atoms with van der Waals surface area (Å²) in [5, 5.41) is 21.2. The zero-order valence-corrected chi connectivity index (χ0v) is 8.97. The molecule has 1 aromatic carbocycles. The van der Waals surface area contributed by atoms with Crippen LogP contribution in [0.15, 0.2) is 24.3 Å². The number of nitrogens with zero attached hydrogens (tertiary/aromatic N) is 2. The first-order chi connectivity index (χ1) is 6.82. The fourth-order valence-corrected chi connectivity index (χ4v) is 1.10. The topological polar surface area (TPSA) is 66.6 Å². The third-order valence-electron chi connectivity index (χ3n) is 1.94. The van der Waals surface area contributed by atoms with Gasteiger partial charge in [-0.25, -0.2) is 0 Å². The summed E-state index contributed by atoms with van der Waals surface area (Å²) in [5.41, 5.74) is 0.116. The Balaban J connectivity index is 2.94. The van der Waals surface area contributed by atoms with Gasteiger partial charge in [-0.3, -0.25) is 20.4 Å². The van der Waals surface area contributed by atoms with Crippen LogP contribution in [0.5, 0.6) is 0 Å². The molecule has 0 atom stereocenters. The van der Waals surface area contributed by atoms with Gasteiger partial charge in [-0.15, -0.1) is 0 Å². The molecule has 0 saturated carbocycles. The summed E-state index contributed by atoms with van der Waals surface area (Å²) >= 11 is 0. The minimum absolute atomic E-state index is 0.0149. The molecule has 15 heavy (non-hydrogen) atoms. The molecule has 5 heteroatoms. The average molecular weight is 210 g/mol. The van der Waals surface area contributed by atoms with Crippen molar-refractivity contribution in [3.8, 4) is 0 Å². The lowest BCUT2D eigenvalue weighted by Crippen LogP contribution is -2.38. The van der Waals surface area contributed by atoms with Crippen LogP contribution >= 0.6 is 0 Å². The van der Waals surface area contributed by atoms with Gasteiger partial charge in [-0.2, -0.15) is 0 Å². The van der Waals surface area contributed by atoms with Gasteiger partial charge in [0, 0.05) is 12.1 Å². The SMILES string of the molecule is CC(C)(C)N(O)c1ccc([N+](=O)[O-])cc1. The van der Waals surface area contributed by atoms with Crippen molar-refractivity contribution >= 4 is 11.4 Å². The Kier molecular flexibility index (Phi) is 2.95. The molecule has 0 spiro atoms. The molecule has 1 N–H and O–H groups in total. The fourth-order valence-electron chi connectivity index (χ4n) is 1.10. The number of anilines is 1. The minimum Gasteiger partial charge on any atom is -0.288 e. The normalized spacial score (nSPS) is 11.2. The van der Waals surface area contributed by atoms with Crippen molar-refractivity contribution in [1.29, 1.82) is 0 Å². The highest BCUT2D eigenvalue weighted by atomic mass is 16.6. The highest BCUT2D eigenvalue weighted by molar-refractivity contribution is 5.50. The van der Waals surface area contributed by atoms with Crippen molar-refractivity contribution in [1.82, 2.24) is 0 Å². The molecule has 0 aromatic heterocycles. The van der Waals surface area contributed by atoms with Crippen LogP contribution in [-0.4, -0.2) is 15.7 Å². The van der Waals surface area contributed by atoms with Crippen molar-refractivity contribution in [2.24, 2.45) is 0 Å². The molecule has 0 amide bonds. The van der Waals surface area contributed by atoms with Crippen LogP contribution in [0.3, 0.4) is 0 Å². The summed E-state index contributed by atoms with van der Waals surface area (Å²) in [6, 6.07) is 5.77. The van der Waals surface area contributed by atoms with Gasteiger partial charge in [0.05, 0.1) is 16.1 Å². The van der Waals surface area contributed by atoms with Crippen LogP contribution in [-0.2, 0) is 0 Å². The molecule has 82 valence electrons. The van der Waals surface area contributed by atoms with Crippen molar-refractivity contribution in [2.45, 2.75) is 26.3 Å². The van der Waals surface area contributed by atoms with Crippen LogP contribution in [0, 0.1) is 10.1 Å². The Hall–Kier alpha value is -1.62. The summed E-state index contributed by atoms with van der Waals surface area (Å²) in [7, 11) is 0. The number of hydrogen-bond donors (Lipinski definition) is 1. The Morgan fingerprint density at radius 1 is 1.27 bits per heavy atom. The molecule has 0 bridgehead atoms. The second kappa shape index (κ2) is 3.86. The number of rotatable bonds is 2. The zero-order valence-electron chi connectivity index (χ0n) is 8.97. The van der Waals surface area contributed by atoms with E-state index in [2.05, 4.69) is 0 Å². The van der Waals surface area contributed by atoms with E-state index in [-0.39, 0.29) is 5.69 Å². The Morgan fingerprint density at radius 3 is 2.07 bits per heavy atom. The third kappa shape index (κ3) is 2.66. The second-order valence-electron chi connectivity index (χ2n) is 4.26. The predicted octanol–water partition coefficient (Wildman–Crippen LogP) is 2.59. The number of non-ortho nitro benzene ring substituents is 1. The maximum atomic E-state index is 10.4. The molecule has 0 unspecified atom stereocenters. The van der Waals surface area contributed by atoms with E-state index in [4.69, 9.17) is 0 Å². The molecular weight excluding hydrogens is 196 g/mol. The first-order valence-corrected chi connectivity index (χ1v) is 4.56. The van der Waals surface area contributed by atoms with Gasteiger partial charge in [0.1, 0.15) is 0 Å². The van der Waals surface area contributed by atoms with Crippen molar-refractivity contribution in [3.05, 3.63) is 34.4 Å². The van der Waals surface area contributed by atoms with Gasteiger partial charge >= 0.3 is 0 Å².